The number of esters is 1. The number of nitrogens with zero attached hydrogens (tertiary/aromatic N) is 2. The lowest BCUT2D eigenvalue weighted by molar-refractivity contribution is -0.140. The van der Waals surface area contributed by atoms with E-state index in [1.165, 1.54) is 24.1 Å². The van der Waals surface area contributed by atoms with E-state index in [2.05, 4.69) is 9.72 Å². The molecule has 0 radical (unpaired) electrons. The zero-order valence-electron chi connectivity index (χ0n) is 10.7. The fraction of sp³-hybridized carbons (Fsp3) is 0.417. The highest BCUT2D eigenvalue weighted by molar-refractivity contribution is 6.34. The quantitative estimate of drug-likeness (QED) is 0.619. The number of aromatic nitrogens is 1. The number of pyridine rings is 1. The number of amides is 1. The summed E-state index contributed by atoms with van der Waals surface area (Å²) < 4.78 is 4.52. The van der Waals surface area contributed by atoms with Crippen molar-refractivity contribution in [1.82, 2.24) is 9.88 Å². The third-order valence-electron chi connectivity index (χ3n) is 2.46. The van der Waals surface area contributed by atoms with Crippen LogP contribution < -0.4 is 0 Å². The molecule has 1 heterocycles. The third kappa shape index (κ3) is 4.69. The molecule has 0 spiro atoms. The zero-order valence-corrected chi connectivity index (χ0v) is 12.2. The fourth-order valence-corrected chi connectivity index (χ4v) is 1.75. The molecule has 0 saturated heterocycles. The summed E-state index contributed by atoms with van der Waals surface area (Å²) in [5.74, 6) is -0.642. The molecule has 0 atom stereocenters. The van der Waals surface area contributed by atoms with Crippen molar-refractivity contribution >= 4 is 35.1 Å². The van der Waals surface area contributed by atoms with Gasteiger partial charge >= 0.3 is 5.97 Å². The number of rotatable bonds is 5. The Balaban J connectivity index is 2.61. The Morgan fingerprint density at radius 2 is 2.05 bits per heavy atom. The highest BCUT2D eigenvalue weighted by Crippen LogP contribution is 2.18. The Bertz CT molecular complexity index is 480. The molecule has 0 unspecified atom stereocenters. The molecule has 1 aromatic rings. The number of hydrogen-bond donors (Lipinski definition) is 0. The lowest BCUT2D eigenvalue weighted by atomic mass is 10.2. The van der Waals surface area contributed by atoms with Gasteiger partial charge in [-0.3, -0.25) is 9.59 Å². The minimum atomic E-state index is -0.336. The molecule has 0 aromatic carbocycles. The summed E-state index contributed by atoms with van der Waals surface area (Å²) >= 11 is 11.6. The minimum absolute atomic E-state index is 0.106. The molecule has 1 aromatic heterocycles. The molecule has 0 fully saturated rings. The molecule has 0 aliphatic heterocycles. The maximum atomic E-state index is 12.1. The van der Waals surface area contributed by atoms with Gasteiger partial charge in [0.15, 0.2) is 0 Å². The van der Waals surface area contributed by atoms with Crippen molar-refractivity contribution in [3.63, 3.8) is 0 Å². The molecule has 104 valence electrons. The monoisotopic (exact) mass is 304 g/mol. The van der Waals surface area contributed by atoms with Gasteiger partial charge in [-0.15, -0.1) is 0 Å². The first-order valence-corrected chi connectivity index (χ1v) is 6.35. The van der Waals surface area contributed by atoms with Crippen molar-refractivity contribution in [2.45, 2.75) is 12.8 Å². The van der Waals surface area contributed by atoms with Crippen LogP contribution in [0, 0.1) is 0 Å². The first-order valence-electron chi connectivity index (χ1n) is 5.60. The summed E-state index contributed by atoms with van der Waals surface area (Å²) in [7, 11) is 2.94. The smallest absolute Gasteiger partial charge is 0.305 e. The van der Waals surface area contributed by atoms with Gasteiger partial charge in [-0.25, -0.2) is 4.98 Å². The average Bonchev–Trinajstić information content (AvgIpc) is 2.40. The second-order valence-electron chi connectivity index (χ2n) is 3.87. The molecule has 1 rings (SSSR count). The first-order chi connectivity index (χ1) is 8.95. The Kier molecular flexibility index (Phi) is 6.05. The van der Waals surface area contributed by atoms with Gasteiger partial charge in [0.05, 0.1) is 12.1 Å². The van der Waals surface area contributed by atoms with Crippen molar-refractivity contribution in [2.24, 2.45) is 0 Å². The van der Waals surface area contributed by atoms with Crippen molar-refractivity contribution in [1.29, 1.82) is 0 Å². The highest BCUT2D eigenvalue weighted by Gasteiger charge is 2.17. The molecule has 0 aliphatic rings. The largest absolute Gasteiger partial charge is 0.469 e. The summed E-state index contributed by atoms with van der Waals surface area (Å²) in [6.45, 7) is 0.401. The second-order valence-corrected chi connectivity index (χ2v) is 4.67. The summed E-state index contributed by atoms with van der Waals surface area (Å²) in [5.41, 5.74) is 0.106. The molecular formula is C12H14Cl2N2O3. The van der Waals surface area contributed by atoms with Crippen LogP contribution in [0.4, 0.5) is 0 Å². The maximum Gasteiger partial charge on any atom is 0.305 e. The van der Waals surface area contributed by atoms with Gasteiger partial charge in [0.2, 0.25) is 0 Å². The van der Waals surface area contributed by atoms with Crippen molar-refractivity contribution in [3.8, 4) is 0 Å². The van der Waals surface area contributed by atoms with Crippen LogP contribution in [0.25, 0.3) is 0 Å². The van der Waals surface area contributed by atoms with Crippen LogP contribution in [0.15, 0.2) is 12.1 Å². The van der Waals surface area contributed by atoms with Crippen LogP contribution in [0.3, 0.4) is 0 Å². The van der Waals surface area contributed by atoms with Crippen molar-refractivity contribution in [2.75, 3.05) is 20.7 Å². The van der Waals surface area contributed by atoms with Gasteiger partial charge in [0.25, 0.3) is 5.91 Å². The highest BCUT2D eigenvalue weighted by atomic mass is 35.5. The Morgan fingerprint density at radius 1 is 1.37 bits per heavy atom. The average molecular weight is 305 g/mol. The van der Waals surface area contributed by atoms with E-state index in [-0.39, 0.29) is 34.2 Å². The van der Waals surface area contributed by atoms with E-state index in [9.17, 15) is 9.59 Å². The Hall–Kier alpha value is -1.33. The van der Waals surface area contributed by atoms with E-state index in [0.29, 0.717) is 13.0 Å². The predicted molar refractivity (Wildman–Crippen MR) is 72.5 cm³/mol. The summed E-state index contributed by atoms with van der Waals surface area (Å²) in [6, 6.07) is 3.03. The van der Waals surface area contributed by atoms with Crippen LogP contribution >= 0.6 is 23.2 Å². The van der Waals surface area contributed by atoms with E-state index >= 15 is 0 Å². The van der Waals surface area contributed by atoms with Crippen molar-refractivity contribution < 1.29 is 14.3 Å². The molecule has 7 heteroatoms. The molecule has 0 saturated carbocycles. The second kappa shape index (κ2) is 7.31. The van der Waals surface area contributed by atoms with E-state index in [1.807, 2.05) is 0 Å². The molecule has 5 nitrogen and oxygen atoms in total. The lowest BCUT2D eigenvalue weighted by Gasteiger charge is -2.16. The number of hydrogen-bond acceptors (Lipinski definition) is 4. The maximum absolute atomic E-state index is 12.1. The third-order valence-corrected chi connectivity index (χ3v) is 2.98. The lowest BCUT2D eigenvalue weighted by Crippen LogP contribution is -2.29. The first kappa shape index (κ1) is 15.7. The van der Waals surface area contributed by atoms with E-state index in [1.54, 1.807) is 7.05 Å². The van der Waals surface area contributed by atoms with Crippen LogP contribution in [-0.4, -0.2) is 42.5 Å². The normalized spacial score (nSPS) is 10.1. The zero-order chi connectivity index (χ0) is 14.4. The molecule has 0 N–H and O–H groups in total. The number of halogens is 2. The van der Waals surface area contributed by atoms with Gasteiger partial charge in [-0.05, 0) is 18.6 Å². The summed E-state index contributed by atoms with van der Waals surface area (Å²) in [6.07, 6.45) is 0.762. The van der Waals surface area contributed by atoms with Crippen LogP contribution in [-0.2, 0) is 9.53 Å². The van der Waals surface area contributed by atoms with Crippen LogP contribution in [0.5, 0.6) is 0 Å². The molecule has 0 aliphatic carbocycles. The fourth-order valence-electron chi connectivity index (χ4n) is 1.41. The van der Waals surface area contributed by atoms with Gasteiger partial charge < -0.3 is 9.64 Å². The van der Waals surface area contributed by atoms with Gasteiger partial charge in [0, 0.05) is 20.0 Å². The number of methoxy groups -OCH3 is 1. The van der Waals surface area contributed by atoms with E-state index in [0.717, 1.165) is 0 Å². The van der Waals surface area contributed by atoms with Crippen molar-refractivity contribution in [3.05, 3.63) is 28.0 Å². The topological polar surface area (TPSA) is 59.5 Å². The summed E-state index contributed by atoms with van der Waals surface area (Å²) in [5, 5.41) is 0.449. The number of ether oxygens (including phenoxy) is 1. The number of carbonyl (C=O) groups is 2. The number of carbonyl (C=O) groups excluding carboxylic acids is 2. The van der Waals surface area contributed by atoms with Gasteiger partial charge in [0.1, 0.15) is 10.8 Å². The molecular weight excluding hydrogens is 291 g/mol. The van der Waals surface area contributed by atoms with Gasteiger partial charge in [-0.2, -0.15) is 0 Å². The van der Waals surface area contributed by atoms with E-state index in [4.69, 9.17) is 23.2 Å². The molecule has 1 amide bonds. The SMILES string of the molecule is COC(=O)CCCN(C)C(=O)c1nc(Cl)ccc1Cl. The Labute approximate surface area is 121 Å². The van der Waals surface area contributed by atoms with Crippen LogP contribution in [0.2, 0.25) is 10.2 Å². The Morgan fingerprint density at radius 3 is 2.68 bits per heavy atom. The summed E-state index contributed by atoms with van der Waals surface area (Å²) in [4.78, 5) is 28.4. The van der Waals surface area contributed by atoms with Crippen LogP contribution in [0.1, 0.15) is 23.3 Å². The molecule has 19 heavy (non-hydrogen) atoms. The van der Waals surface area contributed by atoms with E-state index < -0.39 is 0 Å². The van der Waals surface area contributed by atoms with Gasteiger partial charge in [-0.1, -0.05) is 23.2 Å². The standard InChI is InChI=1S/C12H14Cl2N2O3/c1-16(7-3-4-10(17)19-2)12(18)11-8(13)5-6-9(14)15-11/h5-6H,3-4,7H2,1-2H3. The predicted octanol–water partition coefficient (Wildman–Crippen LogP) is 2.41. The molecule has 0 bridgehead atoms. The minimum Gasteiger partial charge on any atom is -0.469 e.